The van der Waals surface area contributed by atoms with Crippen LogP contribution in [0.25, 0.3) is 0 Å². The number of alkyl halides is 2. The monoisotopic (exact) mass is 505 g/mol. The number of halogens is 5. The molecule has 3 N–H and O–H groups in total. The second kappa shape index (κ2) is 8.24. The quantitative estimate of drug-likeness (QED) is 0.440. The highest BCUT2D eigenvalue weighted by atomic mass is 35.5. The molecule has 3 amide bonds. The standard InChI is InChI=1S/C24H16ClF4N3O3/c25-16-6-4-11(26)8-14(16)20-19-13(21(33)31-20)2-1-3-17(19)30-23(34)32-10-24(35,22(28)29)15-9-12(27)5-7-18(15)32/h1-9,20,22,35H,10H2,(H,30,34)(H,31,33)/t20-,24+/m0/s1. The third kappa shape index (κ3) is 3.69. The van der Waals surface area contributed by atoms with Gasteiger partial charge in [-0.15, -0.1) is 0 Å². The molecule has 0 saturated carbocycles. The van der Waals surface area contributed by atoms with Crippen molar-refractivity contribution in [3.8, 4) is 0 Å². The molecular formula is C24H16ClF4N3O3. The lowest BCUT2D eigenvalue weighted by Crippen LogP contribution is -2.43. The molecule has 0 radical (unpaired) electrons. The highest BCUT2D eigenvalue weighted by Gasteiger charge is 2.50. The minimum atomic E-state index is -3.29. The predicted octanol–water partition coefficient (Wildman–Crippen LogP) is 4.96. The summed E-state index contributed by atoms with van der Waals surface area (Å²) in [5.41, 5.74) is -2.34. The summed E-state index contributed by atoms with van der Waals surface area (Å²) in [6.45, 7) is -0.819. The number of fused-ring (bicyclic) bond motifs is 2. The number of β-amino-alcohol motifs (C(OH)–C–C–N with tert-alkyl or cyclic N) is 1. The van der Waals surface area contributed by atoms with Gasteiger partial charge in [0.05, 0.1) is 18.3 Å². The highest BCUT2D eigenvalue weighted by molar-refractivity contribution is 6.31. The second-order valence-electron chi connectivity index (χ2n) is 8.24. The first-order chi connectivity index (χ1) is 16.6. The van der Waals surface area contributed by atoms with Crippen molar-refractivity contribution < 1.29 is 32.3 Å². The molecule has 180 valence electrons. The van der Waals surface area contributed by atoms with E-state index in [0.29, 0.717) is 5.56 Å². The van der Waals surface area contributed by atoms with Gasteiger partial charge >= 0.3 is 6.03 Å². The van der Waals surface area contributed by atoms with Crippen LogP contribution in [0.2, 0.25) is 5.02 Å². The van der Waals surface area contributed by atoms with Crippen LogP contribution in [0.15, 0.2) is 54.6 Å². The fourth-order valence-electron chi connectivity index (χ4n) is 4.49. The smallest absolute Gasteiger partial charge is 0.326 e. The van der Waals surface area contributed by atoms with E-state index < -0.39 is 53.7 Å². The Morgan fingerprint density at radius 3 is 2.60 bits per heavy atom. The van der Waals surface area contributed by atoms with E-state index in [0.717, 1.165) is 35.2 Å². The van der Waals surface area contributed by atoms with Gasteiger partial charge in [0.25, 0.3) is 12.3 Å². The maximum atomic E-state index is 13.9. The zero-order valence-electron chi connectivity index (χ0n) is 17.7. The molecule has 3 aromatic carbocycles. The van der Waals surface area contributed by atoms with E-state index in [9.17, 15) is 32.3 Å². The Morgan fingerprint density at radius 1 is 1.14 bits per heavy atom. The summed E-state index contributed by atoms with van der Waals surface area (Å²) in [6.07, 6.45) is -3.29. The van der Waals surface area contributed by atoms with Gasteiger partial charge in [-0.2, -0.15) is 0 Å². The van der Waals surface area contributed by atoms with Crippen molar-refractivity contribution in [3.05, 3.63) is 93.5 Å². The third-order valence-electron chi connectivity index (χ3n) is 6.15. The average Bonchev–Trinajstić information content (AvgIpc) is 3.31. The number of benzene rings is 3. The molecule has 2 aliphatic rings. The first-order valence-corrected chi connectivity index (χ1v) is 10.8. The van der Waals surface area contributed by atoms with Crippen LogP contribution in [-0.2, 0) is 5.60 Å². The maximum absolute atomic E-state index is 13.9. The molecule has 6 nitrogen and oxygen atoms in total. The molecule has 3 aromatic rings. The Balaban J connectivity index is 1.53. The van der Waals surface area contributed by atoms with Gasteiger partial charge in [-0.05, 0) is 48.5 Å². The summed E-state index contributed by atoms with van der Waals surface area (Å²) < 4.78 is 55.1. The molecule has 0 bridgehead atoms. The molecule has 0 aromatic heterocycles. The number of nitrogens with one attached hydrogen (secondary N) is 2. The zero-order valence-corrected chi connectivity index (χ0v) is 18.4. The van der Waals surface area contributed by atoms with Crippen LogP contribution in [0.4, 0.5) is 33.7 Å². The molecule has 0 aliphatic carbocycles. The number of anilines is 2. The summed E-state index contributed by atoms with van der Waals surface area (Å²) in [6, 6.07) is 9.25. The largest absolute Gasteiger partial charge is 0.377 e. The molecule has 11 heteroatoms. The van der Waals surface area contributed by atoms with E-state index in [1.54, 1.807) is 0 Å². The summed E-state index contributed by atoms with van der Waals surface area (Å²) in [5.74, 6) is -1.90. The molecule has 0 unspecified atom stereocenters. The van der Waals surface area contributed by atoms with E-state index in [4.69, 9.17) is 11.6 Å². The number of hydrogen-bond acceptors (Lipinski definition) is 3. The van der Waals surface area contributed by atoms with Crippen molar-refractivity contribution >= 4 is 34.9 Å². The van der Waals surface area contributed by atoms with Gasteiger partial charge in [0.1, 0.15) is 11.6 Å². The molecule has 0 saturated heterocycles. The van der Waals surface area contributed by atoms with Crippen LogP contribution < -0.4 is 15.5 Å². The molecule has 5 rings (SSSR count). The fraction of sp³-hybridized carbons (Fsp3) is 0.167. The van der Waals surface area contributed by atoms with Crippen LogP contribution in [-0.4, -0.2) is 30.0 Å². The Kier molecular flexibility index (Phi) is 5.45. The molecule has 0 fully saturated rings. The summed E-state index contributed by atoms with van der Waals surface area (Å²) in [4.78, 5) is 26.6. The van der Waals surface area contributed by atoms with E-state index in [2.05, 4.69) is 10.6 Å². The second-order valence-corrected chi connectivity index (χ2v) is 8.65. The molecule has 35 heavy (non-hydrogen) atoms. The predicted molar refractivity (Wildman–Crippen MR) is 120 cm³/mol. The van der Waals surface area contributed by atoms with Crippen LogP contribution in [0.5, 0.6) is 0 Å². The van der Waals surface area contributed by atoms with Crippen LogP contribution in [0.1, 0.15) is 33.1 Å². The topological polar surface area (TPSA) is 81.7 Å². The third-order valence-corrected chi connectivity index (χ3v) is 6.49. The molecule has 2 atom stereocenters. The first-order valence-electron chi connectivity index (χ1n) is 10.4. The number of aliphatic hydroxyl groups is 1. The van der Waals surface area contributed by atoms with Crippen LogP contribution in [0, 0.1) is 11.6 Å². The number of rotatable bonds is 3. The maximum Gasteiger partial charge on any atom is 0.326 e. The van der Waals surface area contributed by atoms with Crippen LogP contribution >= 0.6 is 11.6 Å². The highest BCUT2D eigenvalue weighted by Crippen LogP contribution is 2.44. The van der Waals surface area contributed by atoms with E-state index >= 15 is 0 Å². The number of nitrogens with zero attached hydrogens (tertiary/aromatic N) is 1. The number of amides is 3. The van der Waals surface area contributed by atoms with Gasteiger partial charge in [0.2, 0.25) is 0 Å². The fourth-order valence-corrected chi connectivity index (χ4v) is 4.71. The van der Waals surface area contributed by atoms with E-state index in [-0.39, 0.29) is 27.5 Å². The number of carbonyl (C=O) groups is 2. The summed E-state index contributed by atoms with van der Waals surface area (Å²) in [7, 11) is 0. The number of hydrogen-bond donors (Lipinski definition) is 3. The first kappa shape index (κ1) is 23.1. The van der Waals surface area contributed by atoms with Crippen molar-refractivity contribution in [1.82, 2.24) is 5.32 Å². The van der Waals surface area contributed by atoms with Crippen molar-refractivity contribution in [1.29, 1.82) is 0 Å². The van der Waals surface area contributed by atoms with Crippen molar-refractivity contribution in [2.75, 3.05) is 16.8 Å². The normalized spacial score (nSPS) is 20.6. The van der Waals surface area contributed by atoms with Gasteiger partial charge in [-0.25, -0.2) is 22.4 Å². The molecule has 2 aliphatic heterocycles. The number of urea groups is 1. The molecule has 2 heterocycles. The Bertz CT molecular complexity index is 1390. The van der Waals surface area contributed by atoms with Gasteiger partial charge < -0.3 is 15.7 Å². The lowest BCUT2D eigenvalue weighted by atomic mass is 9.96. The lowest BCUT2D eigenvalue weighted by Gasteiger charge is -2.24. The van der Waals surface area contributed by atoms with Gasteiger partial charge in [-0.3, -0.25) is 9.69 Å². The Hall–Kier alpha value is -3.63. The van der Waals surface area contributed by atoms with Crippen LogP contribution in [0.3, 0.4) is 0 Å². The van der Waals surface area contributed by atoms with E-state index in [1.807, 2.05) is 0 Å². The number of carbonyl (C=O) groups excluding carboxylic acids is 2. The minimum Gasteiger partial charge on any atom is -0.377 e. The SMILES string of the molecule is O=C1N[C@@H](c2cc(F)ccc2Cl)c2c(NC(=O)N3C[C@](O)(C(F)F)c4cc(F)ccc43)cccc21. The van der Waals surface area contributed by atoms with Crippen molar-refractivity contribution in [3.63, 3.8) is 0 Å². The minimum absolute atomic E-state index is 0.0850. The van der Waals surface area contributed by atoms with Crippen molar-refractivity contribution in [2.24, 2.45) is 0 Å². The summed E-state index contributed by atoms with van der Waals surface area (Å²) >= 11 is 6.24. The van der Waals surface area contributed by atoms with E-state index in [1.165, 1.54) is 24.3 Å². The molecule has 0 spiro atoms. The zero-order chi connectivity index (χ0) is 25.1. The van der Waals surface area contributed by atoms with Gasteiger partial charge in [-0.1, -0.05) is 17.7 Å². The average molecular weight is 506 g/mol. The van der Waals surface area contributed by atoms with Gasteiger partial charge in [0.15, 0.2) is 5.60 Å². The van der Waals surface area contributed by atoms with Gasteiger partial charge in [0, 0.05) is 33.0 Å². The van der Waals surface area contributed by atoms with Crippen molar-refractivity contribution in [2.45, 2.75) is 18.1 Å². The Labute approximate surface area is 201 Å². The lowest BCUT2D eigenvalue weighted by molar-refractivity contribution is -0.0892. The Morgan fingerprint density at radius 2 is 1.86 bits per heavy atom. The summed E-state index contributed by atoms with van der Waals surface area (Å²) in [5, 5.41) is 16.0. The molecular weight excluding hydrogens is 490 g/mol.